The minimum atomic E-state index is -0.162. The fourth-order valence-electron chi connectivity index (χ4n) is 8.00. The lowest BCUT2D eigenvalue weighted by Crippen LogP contribution is -2.49. The highest BCUT2D eigenvalue weighted by Gasteiger charge is 2.30. The number of aromatic nitrogens is 1. The Morgan fingerprint density at radius 1 is 0.927 bits per heavy atom. The van der Waals surface area contributed by atoms with Crippen molar-refractivity contribution in [2.45, 2.75) is 52.9 Å². The molecule has 2 aliphatic heterocycles. The van der Waals surface area contributed by atoms with Crippen LogP contribution in [0, 0.1) is 13.8 Å². The zero-order chi connectivity index (χ0) is 38.6. The van der Waals surface area contributed by atoms with Crippen molar-refractivity contribution in [3.05, 3.63) is 130 Å². The van der Waals surface area contributed by atoms with E-state index in [1.165, 1.54) is 18.1 Å². The number of anilines is 2. The van der Waals surface area contributed by atoms with Gasteiger partial charge in [-0.15, -0.1) is 0 Å². The number of rotatable bonds is 11. The Morgan fingerprint density at radius 3 is 2.40 bits per heavy atom. The number of aromatic hydroxyl groups is 1. The number of morpholine rings is 1. The Labute approximate surface area is 323 Å². The van der Waals surface area contributed by atoms with Gasteiger partial charge in [0.05, 0.1) is 32.4 Å². The van der Waals surface area contributed by atoms with Crippen molar-refractivity contribution in [3.63, 3.8) is 0 Å². The van der Waals surface area contributed by atoms with E-state index in [-0.39, 0.29) is 17.6 Å². The predicted molar refractivity (Wildman–Crippen MR) is 217 cm³/mol. The van der Waals surface area contributed by atoms with Gasteiger partial charge < -0.3 is 29.4 Å². The molecule has 0 saturated carbocycles. The highest BCUT2D eigenvalue weighted by Crippen LogP contribution is 2.35. The van der Waals surface area contributed by atoms with Crippen molar-refractivity contribution < 1.29 is 24.2 Å². The van der Waals surface area contributed by atoms with Crippen LogP contribution in [0.2, 0.25) is 0 Å². The summed E-state index contributed by atoms with van der Waals surface area (Å²) in [6, 6.07) is 29.7. The summed E-state index contributed by atoms with van der Waals surface area (Å²) in [6.07, 6.45) is 0.967. The summed E-state index contributed by atoms with van der Waals surface area (Å²) in [4.78, 5) is 33.9. The molecule has 0 unspecified atom stereocenters. The van der Waals surface area contributed by atoms with Crippen LogP contribution in [0.25, 0.3) is 11.3 Å². The summed E-state index contributed by atoms with van der Waals surface area (Å²) in [5, 5.41) is 13.1. The van der Waals surface area contributed by atoms with E-state index in [2.05, 4.69) is 50.0 Å². The van der Waals surface area contributed by atoms with E-state index in [4.69, 9.17) is 9.47 Å². The molecule has 0 aliphatic carbocycles. The van der Waals surface area contributed by atoms with Gasteiger partial charge in [-0.05, 0) is 96.6 Å². The molecule has 2 N–H and O–H groups in total. The molecule has 1 atom stereocenters. The minimum absolute atomic E-state index is 0.128. The zero-order valence-corrected chi connectivity index (χ0v) is 32.5. The molecule has 55 heavy (non-hydrogen) atoms. The van der Waals surface area contributed by atoms with E-state index in [0.29, 0.717) is 36.1 Å². The molecule has 0 bridgehead atoms. The highest BCUT2D eigenvalue weighted by atomic mass is 16.5. The molecule has 2 aliphatic rings. The van der Waals surface area contributed by atoms with E-state index in [1.54, 1.807) is 36.3 Å². The Balaban J connectivity index is 1.27. The van der Waals surface area contributed by atoms with Crippen molar-refractivity contribution in [3.8, 4) is 22.8 Å². The Kier molecular flexibility index (Phi) is 11.4. The Morgan fingerprint density at radius 2 is 1.67 bits per heavy atom. The van der Waals surface area contributed by atoms with E-state index >= 15 is 0 Å². The molecule has 1 aromatic heterocycles. The van der Waals surface area contributed by atoms with E-state index < -0.39 is 0 Å². The number of nitrogens with one attached hydrogen (secondary N) is 1. The van der Waals surface area contributed by atoms with Gasteiger partial charge in [-0.25, -0.2) is 0 Å². The van der Waals surface area contributed by atoms with Crippen LogP contribution in [-0.2, 0) is 42.6 Å². The quantitative estimate of drug-likeness (QED) is 0.149. The number of carbonyl (C=O) groups excluding carboxylic acids is 2. The first-order valence-corrected chi connectivity index (χ1v) is 19.0. The fourth-order valence-corrected chi connectivity index (χ4v) is 8.00. The van der Waals surface area contributed by atoms with Gasteiger partial charge in [0.15, 0.2) is 0 Å². The van der Waals surface area contributed by atoms with Crippen LogP contribution in [0.1, 0.15) is 50.8 Å². The van der Waals surface area contributed by atoms with Crippen LogP contribution in [0.15, 0.2) is 91.0 Å². The number of benzene rings is 4. The van der Waals surface area contributed by atoms with Gasteiger partial charge in [-0.2, -0.15) is 0 Å². The maximum Gasteiger partial charge on any atom is 0.260 e. The summed E-state index contributed by atoms with van der Waals surface area (Å²) < 4.78 is 13.4. The second-order valence-corrected chi connectivity index (χ2v) is 14.7. The van der Waals surface area contributed by atoms with Gasteiger partial charge in [0.2, 0.25) is 5.91 Å². The Hall–Kier alpha value is -5.42. The molecule has 1 saturated heterocycles. The molecular weight excluding hydrogens is 691 g/mol. The number of phenolic OH excluding ortho intramolecular Hbond substituents is 1. The summed E-state index contributed by atoms with van der Waals surface area (Å²) in [5.74, 6) is 0.575. The first-order valence-electron chi connectivity index (χ1n) is 19.0. The van der Waals surface area contributed by atoms with Crippen molar-refractivity contribution >= 4 is 23.2 Å². The third-order valence-corrected chi connectivity index (χ3v) is 11.2. The maximum absolute atomic E-state index is 14.8. The van der Waals surface area contributed by atoms with Crippen molar-refractivity contribution in [2.75, 3.05) is 50.2 Å². The number of hydrogen-bond acceptors (Lipinski definition) is 7. The van der Waals surface area contributed by atoms with Crippen LogP contribution in [-0.4, -0.2) is 77.3 Å². The van der Waals surface area contributed by atoms with Gasteiger partial charge in [0.25, 0.3) is 5.91 Å². The van der Waals surface area contributed by atoms with Crippen LogP contribution in [0.3, 0.4) is 0 Å². The first kappa shape index (κ1) is 37.9. The lowest BCUT2D eigenvalue weighted by atomic mass is 9.92. The number of nitrogens with zero attached hydrogens (tertiary/aromatic N) is 4. The summed E-state index contributed by atoms with van der Waals surface area (Å²) in [6.45, 7) is 11.7. The van der Waals surface area contributed by atoms with E-state index in [0.717, 1.165) is 85.2 Å². The van der Waals surface area contributed by atoms with Crippen molar-refractivity contribution in [2.24, 2.45) is 7.05 Å². The third kappa shape index (κ3) is 8.32. The molecule has 1 fully saturated rings. The van der Waals surface area contributed by atoms with Gasteiger partial charge in [0, 0.05) is 81.1 Å². The number of methoxy groups -OCH3 is 1. The number of fused-ring (bicyclic) bond motifs is 1. The molecule has 10 nitrogen and oxygen atoms in total. The molecule has 7 rings (SSSR count). The largest absolute Gasteiger partial charge is 0.508 e. The minimum Gasteiger partial charge on any atom is -0.508 e. The standard InChI is InChI=1S/C45H51N5O5/c1-30-34(11-8-12-44(30)54-5)28-50(38-15-17-40(52)18-16-38)45(53)41-25-43(47(4)31(41)2)42-24-37(46-32(3)51)14-13-36(42)27-49-26-35-10-7-6-9-33(35)23-39(49)29-48-19-21-55-22-20-48/h6-18,24-25,39,52H,19-23,26-29H2,1-5H3,(H,46,51)/t39-/m0/s1. The summed E-state index contributed by atoms with van der Waals surface area (Å²) in [7, 11) is 3.64. The molecule has 2 amide bonds. The number of ether oxygens (including phenoxy) is 2. The topological polar surface area (TPSA) is 99.5 Å². The lowest BCUT2D eigenvalue weighted by molar-refractivity contribution is -0.114. The molecule has 4 aromatic carbocycles. The van der Waals surface area contributed by atoms with Crippen molar-refractivity contribution in [1.82, 2.24) is 14.4 Å². The molecule has 0 radical (unpaired) electrons. The monoisotopic (exact) mass is 741 g/mol. The van der Waals surface area contributed by atoms with Gasteiger partial charge in [-0.3, -0.25) is 19.4 Å². The number of carbonyl (C=O) groups is 2. The van der Waals surface area contributed by atoms with Gasteiger partial charge in [0.1, 0.15) is 11.5 Å². The second kappa shape index (κ2) is 16.5. The van der Waals surface area contributed by atoms with Crippen LogP contribution in [0.4, 0.5) is 11.4 Å². The lowest BCUT2D eigenvalue weighted by Gasteiger charge is -2.40. The highest BCUT2D eigenvalue weighted by molar-refractivity contribution is 6.08. The first-order chi connectivity index (χ1) is 26.6. The summed E-state index contributed by atoms with van der Waals surface area (Å²) in [5.41, 5.74) is 10.4. The number of phenols is 1. The fraction of sp³-hybridized carbons (Fsp3) is 0.333. The Bertz CT molecular complexity index is 2170. The van der Waals surface area contributed by atoms with Crippen LogP contribution < -0.4 is 15.0 Å². The summed E-state index contributed by atoms with van der Waals surface area (Å²) >= 11 is 0. The SMILES string of the molecule is COc1cccc(CN(C(=O)c2cc(-c3cc(NC(C)=O)ccc3CN3Cc4ccccc4C[C@H]3CN3CCOCC3)n(C)c2C)c2ccc(O)cc2)c1C. The molecule has 10 heteroatoms. The average Bonchev–Trinajstić information content (AvgIpc) is 3.48. The number of amides is 2. The van der Waals surface area contributed by atoms with Gasteiger partial charge in [-0.1, -0.05) is 42.5 Å². The van der Waals surface area contributed by atoms with Crippen LogP contribution in [0.5, 0.6) is 11.5 Å². The van der Waals surface area contributed by atoms with Crippen LogP contribution >= 0.6 is 0 Å². The smallest absolute Gasteiger partial charge is 0.260 e. The van der Waals surface area contributed by atoms with E-state index in [9.17, 15) is 14.7 Å². The molecule has 5 aromatic rings. The normalized spacial score (nSPS) is 16.1. The average molecular weight is 742 g/mol. The van der Waals surface area contributed by atoms with Crippen molar-refractivity contribution in [1.29, 1.82) is 0 Å². The second-order valence-electron chi connectivity index (χ2n) is 14.7. The molecular formula is C45H51N5O5. The zero-order valence-electron chi connectivity index (χ0n) is 32.5. The number of hydrogen-bond donors (Lipinski definition) is 2. The molecule has 286 valence electrons. The maximum atomic E-state index is 14.8. The molecule has 3 heterocycles. The molecule has 0 spiro atoms. The third-order valence-electron chi connectivity index (χ3n) is 11.2. The predicted octanol–water partition coefficient (Wildman–Crippen LogP) is 7.09. The van der Waals surface area contributed by atoms with E-state index in [1.807, 2.05) is 57.3 Å². The van der Waals surface area contributed by atoms with Gasteiger partial charge >= 0.3 is 0 Å².